The third kappa shape index (κ3) is 1.73. The van der Waals surface area contributed by atoms with E-state index in [1.807, 2.05) is 24.3 Å². The van der Waals surface area contributed by atoms with E-state index in [0.29, 0.717) is 5.75 Å². The first-order valence-corrected chi connectivity index (χ1v) is 3.63. The Kier molecular flexibility index (Phi) is 2.32. The monoisotopic (exact) mass is 168 g/mol. The van der Waals surface area contributed by atoms with Gasteiger partial charge in [-0.25, -0.2) is 0 Å². The molecule has 4 heteroatoms. The van der Waals surface area contributed by atoms with Crippen molar-refractivity contribution in [2.24, 2.45) is 11.7 Å². The van der Waals surface area contributed by atoms with Crippen molar-refractivity contribution in [2.75, 3.05) is 14.2 Å². The first kappa shape index (κ1) is 8.99. The third-order valence-corrected chi connectivity index (χ3v) is 1.60. The molecule has 0 radical (unpaired) electrons. The molecule has 66 valence electrons. The molecule has 0 amide bonds. The molecule has 1 rings (SSSR count). The lowest BCUT2D eigenvalue weighted by molar-refractivity contribution is 0.332. The maximum Gasteiger partial charge on any atom is 0.213 e. The van der Waals surface area contributed by atoms with Gasteiger partial charge in [0, 0.05) is 6.07 Å². The minimum absolute atomic E-state index is 0.218. The fourth-order valence-electron chi connectivity index (χ4n) is 1.03. The van der Waals surface area contributed by atoms with Crippen molar-refractivity contribution in [2.45, 2.75) is 0 Å². The second-order valence-electron chi connectivity index (χ2n) is 2.82. The molecule has 0 atom stereocenters. The molecule has 4 nitrogen and oxygen atoms in total. The molecule has 4 N–H and O–H groups in total. The summed E-state index contributed by atoms with van der Waals surface area (Å²) in [6.45, 7) is 0. The molecule has 12 heavy (non-hydrogen) atoms. The van der Waals surface area contributed by atoms with E-state index in [2.05, 4.69) is 0 Å². The Bertz CT molecular complexity index is 267. The number of nitrogens with two attached hydrogens (primary N) is 2. The number of hydrogen-bond acceptors (Lipinski definition) is 3. The second kappa shape index (κ2) is 3.10. The summed E-state index contributed by atoms with van der Waals surface area (Å²) in [5, 5.41) is 0. The zero-order chi connectivity index (χ0) is 9.19. The standard InChI is InChI=1S/C8H14N3O/c1-11(9,10)7-5-3-4-6-8(7)12-2/h3-6H,9-10H2,1-2H3/q+1. The summed E-state index contributed by atoms with van der Waals surface area (Å²) < 4.78 is 4.88. The minimum Gasteiger partial charge on any atom is -0.491 e. The molecule has 0 heterocycles. The molecule has 0 aromatic heterocycles. The van der Waals surface area contributed by atoms with Crippen molar-refractivity contribution in [3.63, 3.8) is 0 Å². The van der Waals surface area contributed by atoms with Gasteiger partial charge in [0.1, 0.15) is 7.05 Å². The Labute approximate surface area is 71.9 Å². The van der Waals surface area contributed by atoms with Gasteiger partial charge < -0.3 is 4.74 Å². The third-order valence-electron chi connectivity index (χ3n) is 1.60. The van der Waals surface area contributed by atoms with Gasteiger partial charge in [0.05, 0.1) is 7.11 Å². The Hall–Kier alpha value is -1.10. The Morgan fingerprint density at radius 2 is 1.83 bits per heavy atom. The van der Waals surface area contributed by atoms with Crippen LogP contribution in [0.3, 0.4) is 0 Å². The Balaban J connectivity index is 3.14. The highest BCUT2D eigenvalue weighted by Gasteiger charge is 2.19. The molecule has 0 saturated carbocycles. The summed E-state index contributed by atoms with van der Waals surface area (Å²) in [5.41, 5.74) is 0.750. The van der Waals surface area contributed by atoms with Gasteiger partial charge >= 0.3 is 0 Å². The molecular weight excluding hydrogens is 154 g/mol. The van der Waals surface area contributed by atoms with Gasteiger partial charge in [0.25, 0.3) is 0 Å². The van der Waals surface area contributed by atoms with Crippen molar-refractivity contribution in [1.29, 1.82) is 0 Å². The minimum atomic E-state index is -0.218. The topological polar surface area (TPSA) is 61.3 Å². The largest absolute Gasteiger partial charge is 0.491 e. The number of rotatable bonds is 2. The van der Waals surface area contributed by atoms with Crippen LogP contribution < -0.4 is 21.1 Å². The smallest absolute Gasteiger partial charge is 0.213 e. The van der Waals surface area contributed by atoms with Gasteiger partial charge in [-0.15, -0.1) is 4.70 Å². The van der Waals surface area contributed by atoms with Crippen LogP contribution in [-0.2, 0) is 0 Å². The van der Waals surface area contributed by atoms with Crippen molar-refractivity contribution >= 4 is 5.69 Å². The number of methoxy groups -OCH3 is 1. The lowest BCUT2D eigenvalue weighted by atomic mass is 10.3. The molecular formula is C8H14N3O+. The average Bonchev–Trinajstić information content (AvgIpc) is 2.03. The first-order valence-electron chi connectivity index (χ1n) is 3.63. The molecule has 0 saturated heterocycles. The van der Waals surface area contributed by atoms with Crippen LogP contribution in [0.15, 0.2) is 24.3 Å². The fraction of sp³-hybridized carbons (Fsp3) is 0.250. The van der Waals surface area contributed by atoms with E-state index >= 15 is 0 Å². The first-order chi connectivity index (χ1) is 5.55. The van der Waals surface area contributed by atoms with Gasteiger partial charge in [-0.05, 0) is 6.07 Å². The van der Waals surface area contributed by atoms with E-state index < -0.39 is 0 Å². The van der Waals surface area contributed by atoms with Crippen LogP contribution in [0.25, 0.3) is 0 Å². The highest BCUT2D eigenvalue weighted by atomic mass is 16.5. The molecule has 1 aromatic rings. The Morgan fingerprint density at radius 3 is 2.25 bits per heavy atom. The van der Waals surface area contributed by atoms with Crippen LogP contribution in [0.4, 0.5) is 5.69 Å². The number of benzene rings is 1. The molecule has 0 aliphatic carbocycles. The van der Waals surface area contributed by atoms with Crippen molar-refractivity contribution in [3.05, 3.63) is 24.3 Å². The molecule has 0 fully saturated rings. The van der Waals surface area contributed by atoms with Gasteiger partial charge in [-0.3, -0.25) is 0 Å². The van der Waals surface area contributed by atoms with Gasteiger partial charge in [-0.1, -0.05) is 12.1 Å². The second-order valence-corrected chi connectivity index (χ2v) is 2.82. The summed E-state index contributed by atoms with van der Waals surface area (Å²) in [7, 11) is 3.27. The maximum atomic E-state index is 5.67. The normalized spacial score (nSPS) is 11.3. The molecule has 0 unspecified atom stereocenters. The number of ether oxygens (including phenoxy) is 1. The maximum absolute atomic E-state index is 5.67. The fourth-order valence-corrected chi connectivity index (χ4v) is 1.03. The van der Waals surface area contributed by atoms with E-state index in [1.165, 1.54) is 0 Å². The van der Waals surface area contributed by atoms with E-state index in [4.69, 9.17) is 16.4 Å². The highest BCUT2D eigenvalue weighted by Crippen LogP contribution is 2.26. The summed E-state index contributed by atoms with van der Waals surface area (Å²) >= 11 is 0. The molecule has 0 aliphatic rings. The summed E-state index contributed by atoms with van der Waals surface area (Å²) in [5.74, 6) is 12.0. The number of quaternary nitrogens is 1. The predicted molar refractivity (Wildman–Crippen MR) is 49.1 cm³/mol. The van der Waals surface area contributed by atoms with Crippen LogP contribution in [0.5, 0.6) is 5.75 Å². The lowest BCUT2D eigenvalue weighted by Crippen LogP contribution is -2.58. The van der Waals surface area contributed by atoms with Crippen molar-refractivity contribution in [1.82, 2.24) is 4.70 Å². The summed E-state index contributed by atoms with van der Waals surface area (Å²) in [6.07, 6.45) is 0. The SMILES string of the molecule is COc1ccccc1[N+](C)(N)N. The summed E-state index contributed by atoms with van der Waals surface area (Å²) in [6, 6.07) is 7.40. The number of hydrogen-bond donors (Lipinski definition) is 2. The van der Waals surface area contributed by atoms with Crippen LogP contribution in [0, 0.1) is 0 Å². The van der Waals surface area contributed by atoms with Crippen LogP contribution >= 0.6 is 0 Å². The zero-order valence-electron chi connectivity index (χ0n) is 7.32. The highest BCUT2D eigenvalue weighted by molar-refractivity contribution is 5.53. The van der Waals surface area contributed by atoms with E-state index in [9.17, 15) is 0 Å². The van der Waals surface area contributed by atoms with Crippen LogP contribution in [0.2, 0.25) is 0 Å². The van der Waals surface area contributed by atoms with E-state index in [1.54, 1.807) is 14.2 Å². The average molecular weight is 168 g/mol. The van der Waals surface area contributed by atoms with Gasteiger partial charge in [0.2, 0.25) is 5.69 Å². The molecule has 0 bridgehead atoms. The predicted octanol–water partition coefficient (Wildman–Crippen LogP) is 0.380. The van der Waals surface area contributed by atoms with Gasteiger partial charge in [-0.2, -0.15) is 11.7 Å². The zero-order valence-corrected chi connectivity index (χ0v) is 7.32. The molecule has 0 spiro atoms. The van der Waals surface area contributed by atoms with E-state index in [-0.39, 0.29) is 4.70 Å². The van der Waals surface area contributed by atoms with Crippen molar-refractivity contribution in [3.8, 4) is 5.75 Å². The molecule has 0 aliphatic heterocycles. The van der Waals surface area contributed by atoms with E-state index in [0.717, 1.165) is 5.69 Å². The molecule has 1 aromatic carbocycles. The van der Waals surface area contributed by atoms with Crippen molar-refractivity contribution < 1.29 is 4.74 Å². The number of para-hydroxylation sites is 2. The summed E-state index contributed by atoms with van der Waals surface area (Å²) in [4.78, 5) is 0. The van der Waals surface area contributed by atoms with Crippen LogP contribution in [0.1, 0.15) is 0 Å². The quantitative estimate of drug-likeness (QED) is 0.381. The van der Waals surface area contributed by atoms with Crippen LogP contribution in [-0.4, -0.2) is 14.2 Å². The van der Waals surface area contributed by atoms with Gasteiger partial charge in [0.15, 0.2) is 5.75 Å². The lowest BCUT2D eigenvalue weighted by Gasteiger charge is -2.21. The Morgan fingerprint density at radius 1 is 1.25 bits per heavy atom. The number of nitrogens with zero attached hydrogens (tertiary/aromatic N) is 1.